The zero-order valence-electron chi connectivity index (χ0n) is 26.1. The number of nitrogens with zero attached hydrogens (tertiary/aromatic N) is 4. The van der Waals surface area contributed by atoms with Crippen LogP contribution in [-0.2, 0) is 22.5 Å². The Balaban J connectivity index is 1.14. The minimum absolute atomic E-state index is 0.122. The zero-order valence-corrected chi connectivity index (χ0v) is 26.1. The number of esters is 1. The first kappa shape index (κ1) is 30.2. The minimum atomic E-state index is -0.622. The van der Waals surface area contributed by atoms with Crippen molar-refractivity contribution >= 4 is 23.3 Å². The molecule has 0 saturated carbocycles. The number of hydrogen-bond donors (Lipinski definition) is 1. The largest absolute Gasteiger partial charge is 0.456 e. The Kier molecular flexibility index (Phi) is 8.40. The molecule has 8 heteroatoms. The number of anilines is 2. The third-order valence-electron chi connectivity index (χ3n) is 9.20. The number of ether oxygens (including phenoxy) is 1. The monoisotopic (exact) mass is 596 g/mol. The maximum atomic E-state index is 14.3. The summed E-state index contributed by atoms with van der Waals surface area (Å²) in [6, 6.07) is 25.9. The lowest BCUT2D eigenvalue weighted by molar-refractivity contribution is -0.134. The molecule has 44 heavy (non-hydrogen) atoms. The van der Waals surface area contributed by atoms with Crippen LogP contribution in [0, 0.1) is 0 Å². The van der Waals surface area contributed by atoms with E-state index >= 15 is 0 Å². The molecule has 232 valence electrons. The number of hydrogen-bond acceptors (Lipinski definition) is 7. The van der Waals surface area contributed by atoms with Gasteiger partial charge in [0.25, 0.3) is 0 Å². The van der Waals surface area contributed by atoms with E-state index in [-0.39, 0.29) is 11.9 Å². The first-order valence-electron chi connectivity index (χ1n) is 15.8. The molecule has 1 N–H and O–H groups in total. The normalized spacial score (nSPS) is 20.0. The van der Waals surface area contributed by atoms with Gasteiger partial charge in [0, 0.05) is 44.0 Å². The fourth-order valence-corrected chi connectivity index (χ4v) is 7.03. The van der Waals surface area contributed by atoms with Gasteiger partial charge in [-0.05, 0) is 82.0 Å². The standard InChI is InChI=1S/C36H44N4O4/c1-35(2,3)44-33(42)30-16-9-7-13-28(30)25-38-26-40(29-14-5-4-6-15-29)36(34(38)43)18-22-37(23-19-36)20-11-21-39-31-17-10-8-12-27(31)24-32(39)41/h4-10,12-17,32,41H,11,18-26H2,1-3H3. The highest BCUT2D eigenvalue weighted by atomic mass is 16.6. The second kappa shape index (κ2) is 12.3. The van der Waals surface area contributed by atoms with Crippen molar-refractivity contribution in [2.75, 3.05) is 42.6 Å². The van der Waals surface area contributed by atoms with E-state index in [1.165, 1.54) is 5.56 Å². The summed E-state index contributed by atoms with van der Waals surface area (Å²) in [6.45, 7) is 9.79. The van der Waals surface area contributed by atoms with E-state index in [0.717, 1.165) is 62.4 Å². The second-order valence-electron chi connectivity index (χ2n) is 13.3. The lowest BCUT2D eigenvalue weighted by atomic mass is 9.85. The van der Waals surface area contributed by atoms with E-state index in [9.17, 15) is 14.7 Å². The van der Waals surface area contributed by atoms with Crippen molar-refractivity contribution in [3.8, 4) is 0 Å². The molecule has 3 aromatic rings. The van der Waals surface area contributed by atoms with Crippen LogP contribution in [0.25, 0.3) is 0 Å². The van der Waals surface area contributed by atoms with Crippen molar-refractivity contribution in [2.24, 2.45) is 0 Å². The van der Waals surface area contributed by atoms with Gasteiger partial charge >= 0.3 is 5.97 Å². The summed E-state index contributed by atoms with van der Waals surface area (Å²) in [5.74, 6) is -0.246. The van der Waals surface area contributed by atoms with E-state index in [1.807, 2.05) is 74.2 Å². The van der Waals surface area contributed by atoms with Gasteiger partial charge in [-0.2, -0.15) is 0 Å². The Morgan fingerprint density at radius 2 is 1.61 bits per heavy atom. The van der Waals surface area contributed by atoms with Gasteiger partial charge in [0.1, 0.15) is 17.4 Å². The molecule has 3 aliphatic heterocycles. The maximum absolute atomic E-state index is 14.3. The highest BCUT2D eigenvalue weighted by Gasteiger charge is 2.53. The third-order valence-corrected chi connectivity index (χ3v) is 9.20. The van der Waals surface area contributed by atoms with Crippen LogP contribution in [0.4, 0.5) is 11.4 Å². The van der Waals surface area contributed by atoms with E-state index in [1.54, 1.807) is 6.07 Å². The van der Waals surface area contributed by atoms with Crippen molar-refractivity contribution in [1.29, 1.82) is 0 Å². The van der Waals surface area contributed by atoms with Gasteiger partial charge in [0.15, 0.2) is 0 Å². The Morgan fingerprint density at radius 1 is 0.932 bits per heavy atom. The van der Waals surface area contributed by atoms with Crippen LogP contribution in [-0.4, -0.2) is 77.0 Å². The Hall–Kier alpha value is -3.88. The SMILES string of the molecule is CC(C)(C)OC(=O)c1ccccc1CN1CN(c2ccccc2)C2(CCN(CCCN3c4ccccc4CC3O)CC2)C1=O. The molecule has 3 heterocycles. The van der Waals surface area contributed by atoms with Crippen LogP contribution in [0.1, 0.15) is 61.5 Å². The number of rotatable bonds is 8. The van der Waals surface area contributed by atoms with Crippen LogP contribution in [0.5, 0.6) is 0 Å². The molecular formula is C36H44N4O4. The molecule has 1 amide bonds. The molecular weight excluding hydrogens is 552 g/mol. The predicted octanol–water partition coefficient (Wildman–Crippen LogP) is 5.05. The highest BCUT2D eigenvalue weighted by Crippen LogP contribution is 2.40. The van der Waals surface area contributed by atoms with Crippen molar-refractivity contribution in [1.82, 2.24) is 9.80 Å². The van der Waals surface area contributed by atoms with Crippen LogP contribution in [0.3, 0.4) is 0 Å². The number of likely N-dealkylation sites (tertiary alicyclic amines) is 1. The molecule has 0 aromatic heterocycles. The Morgan fingerprint density at radius 3 is 2.36 bits per heavy atom. The lowest BCUT2D eigenvalue weighted by Gasteiger charge is -2.43. The van der Waals surface area contributed by atoms with Gasteiger partial charge in [-0.1, -0.05) is 54.6 Å². The van der Waals surface area contributed by atoms with Crippen LogP contribution < -0.4 is 9.80 Å². The van der Waals surface area contributed by atoms with Gasteiger partial charge < -0.3 is 29.4 Å². The molecule has 2 fully saturated rings. The highest BCUT2D eigenvalue weighted by molar-refractivity contribution is 5.94. The summed E-state index contributed by atoms with van der Waals surface area (Å²) in [7, 11) is 0. The molecule has 8 nitrogen and oxygen atoms in total. The van der Waals surface area contributed by atoms with Gasteiger partial charge in [-0.25, -0.2) is 4.79 Å². The quantitative estimate of drug-likeness (QED) is 0.365. The number of benzene rings is 3. The maximum Gasteiger partial charge on any atom is 0.338 e. The molecule has 0 bridgehead atoms. The van der Waals surface area contributed by atoms with Gasteiger partial charge in [0.2, 0.25) is 5.91 Å². The zero-order chi connectivity index (χ0) is 30.9. The summed E-state index contributed by atoms with van der Waals surface area (Å²) >= 11 is 0. The fourth-order valence-electron chi connectivity index (χ4n) is 7.03. The van der Waals surface area contributed by atoms with Crippen LogP contribution >= 0.6 is 0 Å². The number of carbonyl (C=O) groups is 2. The number of carbonyl (C=O) groups excluding carboxylic acids is 2. The Labute approximate surface area is 260 Å². The first-order valence-corrected chi connectivity index (χ1v) is 15.8. The smallest absolute Gasteiger partial charge is 0.338 e. The molecule has 3 aliphatic rings. The van der Waals surface area contributed by atoms with E-state index in [2.05, 4.69) is 39.0 Å². The van der Waals surface area contributed by atoms with Gasteiger partial charge in [0.05, 0.1) is 12.2 Å². The summed E-state index contributed by atoms with van der Waals surface area (Å²) in [5.41, 5.74) is 3.46. The number of piperidine rings is 1. The number of aliphatic hydroxyl groups excluding tert-OH is 1. The topological polar surface area (TPSA) is 76.6 Å². The fraction of sp³-hybridized carbons (Fsp3) is 0.444. The predicted molar refractivity (Wildman–Crippen MR) is 172 cm³/mol. The molecule has 1 spiro atoms. The van der Waals surface area contributed by atoms with Crippen molar-refractivity contribution in [3.63, 3.8) is 0 Å². The van der Waals surface area contributed by atoms with Crippen molar-refractivity contribution < 1.29 is 19.4 Å². The van der Waals surface area contributed by atoms with Crippen LogP contribution in [0.2, 0.25) is 0 Å². The van der Waals surface area contributed by atoms with E-state index < -0.39 is 17.4 Å². The number of fused-ring (bicyclic) bond motifs is 1. The molecule has 1 atom stereocenters. The first-order chi connectivity index (χ1) is 21.1. The molecule has 3 aromatic carbocycles. The molecule has 0 radical (unpaired) electrons. The molecule has 2 saturated heterocycles. The average molecular weight is 597 g/mol. The number of para-hydroxylation sites is 2. The van der Waals surface area contributed by atoms with E-state index in [4.69, 9.17) is 4.74 Å². The van der Waals surface area contributed by atoms with Gasteiger partial charge in [-0.15, -0.1) is 0 Å². The summed E-state index contributed by atoms with van der Waals surface area (Å²) < 4.78 is 5.68. The third kappa shape index (κ3) is 6.06. The second-order valence-corrected chi connectivity index (χ2v) is 13.3. The van der Waals surface area contributed by atoms with Crippen molar-refractivity contribution in [2.45, 2.75) is 70.4 Å². The van der Waals surface area contributed by atoms with Gasteiger partial charge in [-0.3, -0.25) is 4.79 Å². The van der Waals surface area contributed by atoms with Crippen molar-refractivity contribution in [3.05, 3.63) is 95.6 Å². The summed E-state index contributed by atoms with van der Waals surface area (Å²) in [4.78, 5) is 36.1. The summed E-state index contributed by atoms with van der Waals surface area (Å²) in [5, 5.41) is 10.6. The lowest BCUT2D eigenvalue weighted by Crippen LogP contribution is -2.56. The minimum Gasteiger partial charge on any atom is -0.456 e. The van der Waals surface area contributed by atoms with E-state index in [0.29, 0.717) is 25.2 Å². The summed E-state index contributed by atoms with van der Waals surface area (Å²) in [6.07, 6.45) is 2.64. The molecule has 6 rings (SSSR count). The van der Waals surface area contributed by atoms with Crippen LogP contribution in [0.15, 0.2) is 78.9 Å². The number of aliphatic hydroxyl groups is 1. The number of amides is 1. The average Bonchev–Trinajstić information content (AvgIpc) is 3.46. The molecule has 1 unspecified atom stereocenters. The molecule has 0 aliphatic carbocycles. The Bertz CT molecular complexity index is 1480.